The predicted molar refractivity (Wildman–Crippen MR) is 89.9 cm³/mol. The van der Waals surface area contributed by atoms with Gasteiger partial charge in [0.2, 0.25) is 0 Å². The second kappa shape index (κ2) is 10.0. The first-order chi connectivity index (χ1) is 10.1. The molecule has 2 atom stereocenters. The largest absolute Gasteiger partial charge is 0.381 e. The Kier molecular flexibility index (Phi) is 8.69. The number of hydrogen-bond donors (Lipinski definition) is 1. The molecule has 0 saturated carbocycles. The lowest BCUT2D eigenvalue weighted by Crippen LogP contribution is -2.42. The standard InChI is InChI=1S/C16H34N4O/c1-6-14(3)19(4)10-9-18-16(17-7-2)20(5)12-15-8-11-21-13-15/h14-15H,6-13H2,1-5H3,(H,17,18). The van der Waals surface area contributed by atoms with Crippen LogP contribution in [0.5, 0.6) is 0 Å². The number of nitrogens with one attached hydrogen (secondary N) is 1. The third-order valence-corrected chi connectivity index (χ3v) is 4.31. The van der Waals surface area contributed by atoms with Crippen molar-refractivity contribution in [3.8, 4) is 0 Å². The van der Waals surface area contributed by atoms with Gasteiger partial charge in [-0.25, -0.2) is 0 Å². The summed E-state index contributed by atoms with van der Waals surface area (Å²) in [7, 11) is 4.30. The smallest absolute Gasteiger partial charge is 0.193 e. The molecule has 0 amide bonds. The first-order valence-electron chi connectivity index (χ1n) is 8.35. The van der Waals surface area contributed by atoms with Gasteiger partial charge in [0.05, 0.1) is 13.2 Å². The van der Waals surface area contributed by atoms with E-state index in [1.54, 1.807) is 0 Å². The second-order valence-electron chi connectivity index (χ2n) is 6.08. The third kappa shape index (κ3) is 6.66. The van der Waals surface area contributed by atoms with E-state index in [0.29, 0.717) is 12.0 Å². The predicted octanol–water partition coefficient (Wildman–Crippen LogP) is 1.65. The van der Waals surface area contributed by atoms with Gasteiger partial charge in [0.15, 0.2) is 5.96 Å². The summed E-state index contributed by atoms with van der Waals surface area (Å²) in [5, 5.41) is 3.39. The molecule has 1 aliphatic rings. The van der Waals surface area contributed by atoms with Crippen molar-refractivity contribution < 1.29 is 4.74 Å². The van der Waals surface area contributed by atoms with Crippen molar-refractivity contribution in [3.05, 3.63) is 0 Å². The average Bonchev–Trinajstić information content (AvgIpc) is 2.98. The zero-order valence-corrected chi connectivity index (χ0v) is 14.6. The maximum Gasteiger partial charge on any atom is 0.193 e. The van der Waals surface area contributed by atoms with Crippen LogP contribution in [0.4, 0.5) is 0 Å². The van der Waals surface area contributed by atoms with Crippen LogP contribution in [0.3, 0.4) is 0 Å². The SMILES string of the molecule is CCNC(=NCCN(C)C(C)CC)N(C)CC1CCOC1. The number of nitrogens with zero attached hydrogens (tertiary/aromatic N) is 3. The Morgan fingerprint density at radius 1 is 1.38 bits per heavy atom. The van der Waals surface area contributed by atoms with Crippen LogP contribution < -0.4 is 5.32 Å². The van der Waals surface area contributed by atoms with Crippen LogP contribution in [0, 0.1) is 5.92 Å². The fourth-order valence-corrected chi connectivity index (χ4v) is 2.52. The molecule has 0 radical (unpaired) electrons. The van der Waals surface area contributed by atoms with Crippen molar-refractivity contribution in [2.45, 2.75) is 39.7 Å². The summed E-state index contributed by atoms with van der Waals surface area (Å²) in [6, 6.07) is 0.621. The van der Waals surface area contributed by atoms with E-state index in [1.165, 1.54) is 12.8 Å². The molecule has 21 heavy (non-hydrogen) atoms. The molecule has 0 aliphatic carbocycles. The van der Waals surface area contributed by atoms with Gasteiger partial charge in [0.25, 0.3) is 0 Å². The first-order valence-corrected chi connectivity index (χ1v) is 8.35. The van der Waals surface area contributed by atoms with Crippen LogP contribution in [0.1, 0.15) is 33.6 Å². The number of rotatable bonds is 8. The van der Waals surface area contributed by atoms with Crippen LogP contribution in [0.15, 0.2) is 4.99 Å². The molecule has 1 aliphatic heterocycles. The zero-order valence-electron chi connectivity index (χ0n) is 14.6. The average molecular weight is 298 g/mol. The molecular formula is C16H34N4O. The Balaban J connectivity index is 2.44. The Labute approximate surface area is 130 Å². The summed E-state index contributed by atoms with van der Waals surface area (Å²) in [6.45, 7) is 12.2. The molecule has 1 N–H and O–H groups in total. The third-order valence-electron chi connectivity index (χ3n) is 4.31. The highest BCUT2D eigenvalue weighted by atomic mass is 16.5. The summed E-state index contributed by atoms with van der Waals surface area (Å²) in [6.07, 6.45) is 2.35. The van der Waals surface area contributed by atoms with E-state index in [4.69, 9.17) is 9.73 Å². The summed E-state index contributed by atoms with van der Waals surface area (Å²) in [5.74, 6) is 1.66. The van der Waals surface area contributed by atoms with Gasteiger partial charge in [-0.15, -0.1) is 0 Å². The Hall–Kier alpha value is -0.810. The van der Waals surface area contributed by atoms with E-state index in [9.17, 15) is 0 Å². The molecular weight excluding hydrogens is 264 g/mol. The van der Waals surface area contributed by atoms with E-state index < -0.39 is 0 Å². The zero-order chi connectivity index (χ0) is 15.7. The summed E-state index contributed by atoms with van der Waals surface area (Å²) in [4.78, 5) is 9.38. The van der Waals surface area contributed by atoms with Crippen LogP contribution in [-0.4, -0.2) is 75.3 Å². The minimum atomic E-state index is 0.621. The highest BCUT2D eigenvalue weighted by Crippen LogP contribution is 2.13. The molecule has 124 valence electrons. The van der Waals surface area contributed by atoms with E-state index in [-0.39, 0.29) is 0 Å². The minimum Gasteiger partial charge on any atom is -0.381 e. The normalized spacial score (nSPS) is 20.9. The van der Waals surface area contributed by atoms with Gasteiger partial charge in [0.1, 0.15) is 0 Å². The van der Waals surface area contributed by atoms with Gasteiger partial charge in [0, 0.05) is 45.2 Å². The molecule has 0 aromatic heterocycles. The molecule has 1 fully saturated rings. The van der Waals surface area contributed by atoms with Gasteiger partial charge in [-0.05, 0) is 33.7 Å². The highest BCUT2D eigenvalue weighted by molar-refractivity contribution is 5.79. The molecule has 0 bridgehead atoms. The maximum atomic E-state index is 5.46. The topological polar surface area (TPSA) is 40.1 Å². The van der Waals surface area contributed by atoms with Crippen molar-refractivity contribution in [3.63, 3.8) is 0 Å². The highest BCUT2D eigenvalue weighted by Gasteiger charge is 2.19. The van der Waals surface area contributed by atoms with E-state index in [1.807, 2.05) is 0 Å². The lowest BCUT2D eigenvalue weighted by Gasteiger charge is -2.26. The van der Waals surface area contributed by atoms with Crippen LogP contribution in [0.25, 0.3) is 0 Å². The van der Waals surface area contributed by atoms with E-state index in [2.05, 4.69) is 50.0 Å². The number of hydrogen-bond acceptors (Lipinski definition) is 3. The Morgan fingerprint density at radius 3 is 2.71 bits per heavy atom. The van der Waals surface area contributed by atoms with E-state index in [0.717, 1.165) is 45.4 Å². The van der Waals surface area contributed by atoms with Crippen molar-refractivity contribution in [2.24, 2.45) is 10.9 Å². The molecule has 0 aromatic carbocycles. The van der Waals surface area contributed by atoms with Gasteiger partial charge in [-0.2, -0.15) is 0 Å². The second-order valence-corrected chi connectivity index (χ2v) is 6.08. The molecule has 0 spiro atoms. The van der Waals surface area contributed by atoms with Gasteiger partial charge < -0.3 is 19.9 Å². The van der Waals surface area contributed by atoms with E-state index >= 15 is 0 Å². The van der Waals surface area contributed by atoms with Gasteiger partial charge in [-0.1, -0.05) is 6.92 Å². The van der Waals surface area contributed by atoms with Gasteiger partial charge in [-0.3, -0.25) is 4.99 Å². The number of likely N-dealkylation sites (N-methyl/N-ethyl adjacent to an activating group) is 1. The molecule has 1 heterocycles. The quantitative estimate of drug-likeness (QED) is 0.546. The number of ether oxygens (including phenoxy) is 1. The molecule has 0 aromatic rings. The van der Waals surface area contributed by atoms with Crippen molar-refractivity contribution in [2.75, 3.05) is 53.5 Å². The Bertz CT molecular complexity index is 303. The number of aliphatic imine (C=N–C) groups is 1. The monoisotopic (exact) mass is 298 g/mol. The fourth-order valence-electron chi connectivity index (χ4n) is 2.52. The molecule has 1 saturated heterocycles. The summed E-state index contributed by atoms with van der Waals surface area (Å²) in [5.41, 5.74) is 0. The van der Waals surface area contributed by atoms with Crippen molar-refractivity contribution >= 4 is 5.96 Å². The van der Waals surface area contributed by atoms with Crippen molar-refractivity contribution in [1.29, 1.82) is 0 Å². The van der Waals surface area contributed by atoms with Crippen LogP contribution in [0.2, 0.25) is 0 Å². The molecule has 5 heteroatoms. The van der Waals surface area contributed by atoms with Crippen LogP contribution >= 0.6 is 0 Å². The Morgan fingerprint density at radius 2 is 2.14 bits per heavy atom. The van der Waals surface area contributed by atoms with Crippen LogP contribution in [-0.2, 0) is 4.74 Å². The summed E-state index contributed by atoms with van der Waals surface area (Å²) < 4.78 is 5.46. The molecule has 1 rings (SSSR count). The molecule has 5 nitrogen and oxygen atoms in total. The lowest BCUT2D eigenvalue weighted by atomic mass is 10.1. The summed E-state index contributed by atoms with van der Waals surface area (Å²) >= 11 is 0. The van der Waals surface area contributed by atoms with Gasteiger partial charge >= 0.3 is 0 Å². The first kappa shape index (κ1) is 18.2. The fraction of sp³-hybridized carbons (Fsp3) is 0.938. The minimum absolute atomic E-state index is 0.621. The molecule has 2 unspecified atom stereocenters. The van der Waals surface area contributed by atoms with Crippen molar-refractivity contribution in [1.82, 2.24) is 15.1 Å². The maximum absolute atomic E-state index is 5.46. The number of guanidine groups is 1. The lowest BCUT2D eigenvalue weighted by molar-refractivity contribution is 0.181.